The summed E-state index contributed by atoms with van der Waals surface area (Å²) in [4.78, 5) is 0. The maximum absolute atomic E-state index is 5.43. The van der Waals surface area contributed by atoms with Crippen LogP contribution in [-0.4, -0.2) is 23.9 Å². The summed E-state index contributed by atoms with van der Waals surface area (Å²) in [5.41, 5.74) is 3.56. The molecule has 0 aliphatic heterocycles. The van der Waals surface area contributed by atoms with Crippen LogP contribution in [-0.2, 0) is 6.54 Å². The van der Waals surface area contributed by atoms with Gasteiger partial charge in [0.25, 0.3) is 0 Å². The van der Waals surface area contributed by atoms with Gasteiger partial charge in [0.2, 0.25) is 0 Å². The zero-order valence-electron chi connectivity index (χ0n) is 12.0. The lowest BCUT2D eigenvalue weighted by atomic mass is 10.0. The van der Waals surface area contributed by atoms with Gasteiger partial charge in [-0.15, -0.1) is 0 Å². The zero-order valence-corrected chi connectivity index (χ0v) is 12.0. The molecule has 0 amide bonds. The minimum Gasteiger partial charge on any atom is -0.496 e. The maximum atomic E-state index is 5.43. The Morgan fingerprint density at radius 1 is 1.42 bits per heavy atom. The smallest absolute Gasteiger partial charge is 0.123 e. The van der Waals surface area contributed by atoms with Gasteiger partial charge in [0.15, 0.2) is 0 Å². The van der Waals surface area contributed by atoms with Crippen molar-refractivity contribution >= 4 is 0 Å². The van der Waals surface area contributed by atoms with Crippen molar-refractivity contribution in [3.8, 4) is 5.75 Å². The second kappa shape index (κ2) is 5.89. The molecule has 0 saturated carbocycles. The van der Waals surface area contributed by atoms with Crippen molar-refractivity contribution in [1.29, 1.82) is 0 Å². The highest BCUT2D eigenvalue weighted by Crippen LogP contribution is 2.24. The lowest BCUT2D eigenvalue weighted by Crippen LogP contribution is -2.13. The number of hydrogen-bond donors (Lipinski definition) is 1. The zero-order chi connectivity index (χ0) is 13.8. The van der Waals surface area contributed by atoms with Gasteiger partial charge in [-0.1, -0.05) is 6.07 Å². The summed E-state index contributed by atoms with van der Waals surface area (Å²) in [5, 5.41) is 7.58. The molecule has 2 rings (SSSR count). The molecule has 0 fully saturated rings. The second-order valence-electron chi connectivity index (χ2n) is 4.80. The van der Waals surface area contributed by atoms with Gasteiger partial charge >= 0.3 is 0 Å². The molecule has 0 radical (unpaired) electrons. The van der Waals surface area contributed by atoms with Crippen LogP contribution in [0, 0.1) is 6.92 Å². The molecule has 2 aromatic rings. The first-order chi connectivity index (χ1) is 9.13. The fraction of sp³-hybridized carbons (Fsp3) is 0.400. The largest absolute Gasteiger partial charge is 0.496 e. The van der Waals surface area contributed by atoms with E-state index in [2.05, 4.69) is 29.5 Å². The summed E-state index contributed by atoms with van der Waals surface area (Å²) in [6.45, 7) is 4.91. The van der Waals surface area contributed by atoms with E-state index in [4.69, 9.17) is 4.74 Å². The molecule has 4 nitrogen and oxygen atoms in total. The minimum absolute atomic E-state index is 0.323. The molecular weight excluding hydrogens is 238 g/mol. The highest BCUT2D eigenvalue weighted by Gasteiger charge is 2.09. The van der Waals surface area contributed by atoms with Crippen molar-refractivity contribution in [3.63, 3.8) is 0 Å². The Hall–Kier alpha value is -1.81. The van der Waals surface area contributed by atoms with E-state index in [-0.39, 0.29) is 0 Å². The van der Waals surface area contributed by atoms with Crippen LogP contribution in [0.5, 0.6) is 5.75 Å². The maximum Gasteiger partial charge on any atom is 0.123 e. The SMILES string of the molecule is CNC(C)c1ccc(OC)c(Cn2cc(C)cn2)c1. The van der Waals surface area contributed by atoms with Gasteiger partial charge in [-0.05, 0) is 44.2 Å². The number of nitrogens with zero attached hydrogens (tertiary/aromatic N) is 2. The van der Waals surface area contributed by atoms with E-state index in [1.54, 1.807) is 7.11 Å². The fourth-order valence-electron chi connectivity index (χ4n) is 2.09. The lowest BCUT2D eigenvalue weighted by molar-refractivity contribution is 0.407. The van der Waals surface area contributed by atoms with E-state index in [1.807, 2.05) is 37.1 Å². The summed E-state index contributed by atoms with van der Waals surface area (Å²) in [6.07, 6.45) is 3.90. The van der Waals surface area contributed by atoms with Crippen LogP contribution in [0.2, 0.25) is 0 Å². The Morgan fingerprint density at radius 3 is 2.79 bits per heavy atom. The molecule has 19 heavy (non-hydrogen) atoms. The third-order valence-corrected chi connectivity index (χ3v) is 3.33. The van der Waals surface area contributed by atoms with E-state index in [0.29, 0.717) is 6.04 Å². The number of aryl methyl sites for hydroxylation is 1. The van der Waals surface area contributed by atoms with Gasteiger partial charge < -0.3 is 10.1 Å². The molecule has 0 aliphatic carbocycles. The number of hydrogen-bond acceptors (Lipinski definition) is 3. The van der Waals surface area contributed by atoms with Gasteiger partial charge in [-0.25, -0.2) is 0 Å². The number of rotatable bonds is 5. The molecule has 102 valence electrons. The predicted molar refractivity (Wildman–Crippen MR) is 76.5 cm³/mol. The van der Waals surface area contributed by atoms with E-state index in [9.17, 15) is 0 Å². The van der Waals surface area contributed by atoms with Gasteiger partial charge in [-0.3, -0.25) is 4.68 Å². The predicted octanol–water partition coefficient (Wildman–Crippen LogP) is 2.53. The van der Waals surface area contributed by atoms with E-state index in [0.717, 1.165) is 17.9 Å². The highest BCUT2D eigenvalue weighted by atomic mass is 16.5. The third kappa shape index (κ3) is 3.15. The number of aromatic nitrogens is 2. The number of nitrogens with one attached hydrogen (secondary N) is 1. The highest BCUT2D eigenvalue weighted by molar-refractivity contribution is 5.38. The molecule has 1 N–H and O–H groups in total. The summed E-state index contributed by atoms with van der Waals surface area (Å²) >= 11 is 0. The van der Waals surface area contributed by atoms with Crippen LogP contribution < -0.4 is 10.1 Å². The summed E-state index contributed by atoms with van der Waals surface area (Å²) in [7, 11) is 3.67. The minimum atomic E-state index is 0.323. The van der Waals surface area contributed by atoms with Crippen LogP contribution in [0.1, 0.15) is 29.7 Å². The molecule has 0 bridgehead atoms. The third-order valence-electron chi connectivity index (χ3n) is 3.33. The quantitative estimate of drug-likeness (QED) is 0.897. The first-order valence-electron chi connectivity index (χ1n) is 6.47. The summed E-state index contributed by atoms with van der Waals surface area (Å²) < 4.78 is 7.36. The first kappa shape index (κ1) is 13.6. The molecule has 1 aromatic carbocycles. The first-order valence-corrected chi connectivity index (χ1v) is 6.47. The van der Waals surface area contributed by atoms with Crippen molar-refractivity contribution in [2.24, 2.45) is 0 Å². The van der Waals surface area contributed by atoms with E-state index in [1.165, 1.54) is 11.1 Å². The van der Waals surface area contributed by atoms with Crippen LogP contribution in [0.15, 0.2) is 30.6 Å². The fourth-order valence-corrected chi connectivity index (χ4v) is 2.09. The molecule has 0 saturated heterocycles. The number of ether oxygens (including phenoxy) is 1. The van der Waals surface area contributed by atoms with Gasteiger partial charge in [-0.2, -0.15) is 5.10 Å². The second-order valence-corrected chi connectivity index (χ2v) is 4.80. The summed E-state index contributed by atoms with van der Waals surface area (Å²) in [5.74, 6) is 0.903. The van der Waals surface area contributed by atoms with Crippen LogP contribution in [0.3, 0.4) is 0 Å². The number of methoxy groups -OCH3 is 1. The van der Waals surface area contributed by atoms with Crippen molar-refractivity contribution in [3.05, 3.63) is 47.3 Å². The Bertz CT molecular complexity index is 548. The normalized spacial score (nSPS) is 12.4. The van der Waals surface area contributed by atoms with E-state index >= 15 is 0 Å². The molecule has 0 aliphatic rings. The van der Waals surface area contributed by atoms with Crippen LogP contribution in [0.4, 0.5) is 0 Å². The van der Waals surface area contributed by atoms with Gasteiger partial charge in [0, 0.05) is 17.8 Å². The van der Waals surface area contributed by atoms with Crippen molar-refractivity contribution < 1.29 is 4.74 Å². The van der Waals surface area contributed by atoms with Gasteiger partial charge in [0.05, 0.1) is 19.9 Å². The molecule has 1 heterocycles. The molecule has 1 unspecified atom stereocenters. The monoisotopic (exact) mass is 259 g/mol. The summed E-state index contributed by atoms with van der Waals surface area (Å²) in [6, 6.07) is 6.62. The Kier molecular flexibility index (Phi) is 4.22. The standard InChI is InChI=1S/C15H21N3O/c1-11-8-17-18(9-11)10-14-7-13(12(2)16-3)5-6-15(14)19-4/h5-9,12,16H,10H2,1-4H3. The number of benzene rings is 1. The lowest BCUT2D eigenvalue weighted by Gasteiger charge is -2.15. The Morgan fingerprint density at radius 2 is 2.21 bits per heavy atom. The van der Waals surface area contributed by atoms with Crippen LogP contribution in [0.25, 0.3) is 0 Å². The Labute approximate surface area is 114 Å². The molecule has 0 spiro atoms. The average Bonchev–Trinajstić information content (AvgIpc) is 2.83. The van der Waals surface area contributed by atoms with E-state index < -0.39 is 0 Å². The molecular formula is C15H21N3O. The van der Waals surface area contributed by atoms with Gasteiger partial charge in [0.1, 0.15) is 5.75 Å². The van der Waals surface area contributed by atoms with Crippen LogP contribution >= 0.6 is 0 Å². The topological polar surface area (TPSA) is 39.1 Å². The molecule has 4 heteroatoms. The molecule has 1 aromatic heterocycles. The average molecular weight is 259 g/mol. The van der Waals surface area contributed by atoms with Crippen molar-refractivity contribution in [2.75, 3.05) is 14.2 Å². The molecule has 1 atom stereocenters. The van der Waals surface area contributed by atoms with Crippen molar-refractivity contribution in [2.45, 2.75) is 26.4 Å². The van der Waals surface area contributed by atoms with Crippen molar-refractivity contribution in [1.82, 2.24) is 15.1 Å². The Balaban J connectivity index is 2.30.